The zero-order chi connectivity index (χ0) is 36.1. The Morgan fingerprint density at radius 2 is 1.61 bits per heavy atom. The summed E-state index contributed by atoms with van der Waals surface area (Å²) in [5, 5.41) is 18.7. The molecule has 23 heteroatoms. The number of carbonyl (C=O) groups excluding carboxylic acids is 2. The van der Waals surface area contributed by atoms with E-state index >= 15 is 0 Å². The molecule has 0 aliphatic carbocycles. The summed E-state index contributed by atoms with van der Waals surface area (Å²) >= 11 is 1.35. The van der Waals surface area contributed by atoms with Crippen LogP contribution in [0.4, 0.5) is 38.0 Å². The number of rotatable bonds is 16. The second kappa shape index (κ2) is 20.9. The molecule has 0 spiro atoms. The van der Waals surface area contributed by atoms with E-state index < -0.39 is 31.4 Å². The first-order valence-corrected chi connectivity index (χ1v) is 15.2. The molecule has 0 aliphatic rings. The van der Waals surface area contributed by atoms with Gasteiger partial charge in [0.1, 0.15) is 18.9 Å². The molecule has 268 valence electrons. The molecule has 0 aliphatic heterocycles. The van der Waals surface area contributed by atoms with Gasteiger partial charge in [0.15, 0.2) is 22.9 Å². The van der Waals surface area contributed by atoms with Crippen molar-refractivity contribution in [2.45, 2.75) is 43.3 Å². The van der Waals surface area contributed by atoms with Gasteiger partial charge in [-0.3, -0.25) is 14.6 Å². The van der Waals surface area contributed by atoms with E-state index in [0.717, 1.165) is 6.42 Å². The van der Waals surface area contributed by atoms with E-state index in [0.29, 0.717) is 55.4 Å². The van der Waals surface area contributed by atoms with Crippen molar-refractivity contribution in [3.63, 3.8) is 0 Å². The molecule has 8 N–H and O–H groups in total. The zero-order valence-corrected chi connectivity index (χ0v) is 26.5. The van der Waals surface area contributed by atoms with Gasteiger partial charge in [0.05, 0.1) is 18.3 Å². The molecule has 49 heavy (non-hydrogen) atoms. The van der Waals surface area contributed by atoms with E-state index in [1.54, 1.807) is 18.3 Å². The molecular formula is C26H34F6N14O2S. The van der Waals surface area contributed by atoms with Gasteiger partial charge >= 0.3 is 12.4 Å². The lowest BCUT2D eigenvalue weighted by Gasteiger charge is -2.07. The highest BCUT2D eigenvalue weighted by atomic mass is 32.2. The maximum atomic E-state index is 12.1. The topological polar surface area (TPSA) is 228 Å². The fourth-order valence-electron chi connectivity index (χ4n) is 3.21. The van der Waals surface area contributed by atoms with E-state index in [1.165, 1.54) is 41.2 Å². The maximum absolute atomic E-state index is 12.1. The van der Waals surface area contributed by atoms with Gasteiger partial charge in [0.25, 0.3) is 5.91 Å². The molecule has 0 unspecified atom stereocenters. The Kier molecular flexibility index (Phi) is 17.0. The average Bonchev–Trinajstić information content (AvgIpc) is 3.49. The molecule has 0 fully saturated rings. The lowest BCUT2D eigenvalue weighted by atomic mass is 10.2. The van der Waals surface area contributed by atoms with Crippen LogP contribution in [0.15, 0.2) is 58.1 Å². The van der Waals surface area contributed by atoms with Crippen LogP contribution in [0.3, 0.4) is 0 Å². The standard InChI is InChI=1S/C15H19F3N8O.C11H15F3N6OS/c16-15(17,18)10-22-14(19)24-12-9-23-26(25-12)7-2-1-6-21-13(27)11-4-3-5-20-8-11;12-11(13,14)6-18-9(15)19-8-2-4-17-10(20-8)22-5-1-3-16-7-21/h3-5,8-9H,1-2,6-7,10H2,(H,21,27)(H3,19,22,24,25);2,4,7H,1,3,5-6H2,(H,16,21)(H3,15,17,18,19,20). The number of anilines is 2. The molecule has 0 saturated carbocycles. The minimum absolute atomic E-state index is 0.194. The highest BCUT2D eigenvalue weighted by Gasteiger charge is 2.27. The number of aryl methyl sites for hydroxylation is 1. The van der Waals surface area contributed by atoms with Crippen LogP contribution in [0.25, 0.3) is 0 Å². The molecule has 0 bridgehead atoms. The second-order valence-electron chi connectivity index (χ2n) is 9.41. The largest absolute Gasteiger partial charge is 0.408 e. The number of unbranched alkanes of at least 4 members (excludes halogenated alkanes) is 1. The van der Waals surface area contributed by atoms with Gasteiger partial charge in [-0.15, -0.1) is 5.10 Å². The number of nitrogens with two attached hydrogens (primary N) is 2. The van der Waals surface area contributed by atoms with Crippen LogP contribution >= 0.6 is 11.8 Å². The summed E-state index contributed by atoms with van der Waals surface area (Å²) in [5.41, 5.74) is 11.2. The Hall–Kier alpha value is -5.22. The van der Waals surface area contributed by atoms with Gasteiger partial charge in [-0.2, -0.15) is 36.2 Å². The Morgan fingerprint density at radius 3 is 2.24 bits per heavy atom. The number of nitrogens with one attached hydrogen (secondary N) is 4. The Bertz CT molecular complexity index is 1490. The quantitative estimate of drug-likeness (QED) is 0.0238. The minimum Gasteiger partial charge on any atom is -0.370 e. The first-order valence-electron chi connectivity index (χ1n) is 14.2. The molecule has 0 radical (unpaired) electrons. The summed E-state index contributed by atoms with van der Waals surface area (Å²) in [6.45, 7) is -1.22. The van der Waals surface area contributed by atoms with E-state index in [9.17, 15) is 35.9 Å². The normalized spacial score (nSPS) is 12.0. The van der Waals surface area contributed by atoms with Crippen LogP contribution in [0.1, 0.15) is 29.6 Å². The summed E-state index contributed by atoms with van der Waals surface area (Å²) in [6.07, 6.45) is -0.212. The number of alkyl halides is 6. The molecule has 3 heterocycles. The number of pyridine rings is 1. The Labute approximate surface area is 280 Å². The maximum Gasteiger partial charge on any atom is 0.408 e. The van der Waals surface area contributed by atoms with Gasteiger partial charge in [-0.05, 0) is 37.5 Å². The van der Waals surface area contributed by atoms with Gasteiger partial charge < -0.3 is 32.7 Å². The SMILES string of the molecule is NC(=NCC(F)(F)F)Nc1ccnc(SCCCNC=O)n1.NC(=NCC(F)(F)F)Nc1cnn(CCCCNC(=O)c2cccnc2)n1. The van der Waals surface area contributed by atoms with E-state index in [4.69, 9.17) is 11.5 Å². The molecule has 0 atom stereocenters. The van der Waals surface area contributed by atoms with E-state index in [-0.39, 0.29) is 23.5 Å². The Morgan fingerprint density at radius 1 is 0.918 bits per heavy atom. The van der Waals surface area contributed by atoms with Gasteiger partial charge in [0, 0.05) is 37.4 Å². The number of hydrogen-bond acceptors (Lipinski definition) is 10. The highest BCUT2D eigenvalue weighted by molar-refractivity contribution is 7.99. The molecule has 3 aromatic heterocycles. The fourth-order valence-corrected chi connectivity index (χ4v) is 3.98. The highest BCUT2D eigenvalue weighted by Crippen LogP contribution is 2.17. The van der Waals surface area contributed by atoms with Crippen molar-refractivity contribution in [2.24, 2.45) is 21.5 Å². The summed E-state index contributed by atoms with van der Waals surface area (Å²) in [6, 6.07) is 4.83. The minimum atomic E-state index is -4.42. The molecule has 3 aromatic rings. The van der Waals surface area contributed by atoms with E-state index in [1.807, 2.05) is 0 Å². The zero-order valence-electron chi connectivity index (χ0n) is 25.7. The molecule has 16 nitrogen and oxygen atoms in total. The smallest absolute Gasteiger partial charge is 0.370 e. The molecule has 2 amide bonds. The van der Waals surface area contributed by atoms with E-state index in [2.05, 4.69) is 56.4 Å². The third kappa shape index (κ3) is 19.3. The summed E-state index contributed by atoms with van der Waals surface area (Å²) in [7, 11) is 0. The fraction of sp³-hybridized carbons (Fsp3) is 0.423. The first kappa shape index (κ1) is 40.0. The van der Waals surface area contributed by atoms with Crippen molar-refractivity contribution in [1.82, 2.24) is 40.6 Å². The van der Waals surface area contributed by atoms with Crippen LogP contribution in [-0.2, 0) is 11.3 Å². The number of nitrogens with zero attached hydrogens (tertiary/aromatic N) is 8. The monoisotopic (exact) mass is 720 g/mol. The van der Waals surface area contributed by atoms with Crippen molar-refractivity contribution in [2.75, 3.05) is 42.6 Å². The van der Waals surface area contributed by atoms with Crippen molar-refractivity contribution < 1.29 is 35.9 Å². The van der Waals surface area contributed by atoms with Crippen molar-refractivity contribution in [1.29, 1.82) is 0 Å². The first-order chi connectivity index (χ1) is 23.2. The molecule has 0 saturated heterocycles. The van der Waals surface area contributed by atoms with Crippen molar-refractivity contribution >= 4 is 47.6 Å². The summed E-state index contributed by atoms with van der Waals surface area (Å²) < 4.78 is 72.2. The molecule has 3 rings (SSSR count). The van der Waals surface area contributed by atoms with Crippen molar-refractivity contribution in [3.05, 3.63) is 48.5 Å². The summed E-state index contributed by atoms with van der Waals surface area (Å²) in [5.74, 6) is 0.178. The Balaban J connectivity index is 0.000000348. The number of aliphatic imine (C=N–C) groups is 2. The second-order valence-corrected chi connectivity index (χ2v) is 10.5. The number of thioether (sulfide) groups is 1. The number of amides is 2. The van der Waals surface area contributed by atoms with Gasteiger partial charge in [-0.25, -0.2) is 20.0 Å². The average molecular weight is 721 g/mol. The summed E-state index contributed by atoms with van der Waals surface area (Å²) in [4.78, 5) is 41.6. The van der Waals surface area contributed by atoms with Crippen LogP contribution in [0.2, 0.25) is 0 Å². The van der Waals surface area contributed by atoms with Gasteiger partial charge in [-0.1, -0.05) is 11.8 Å². The number of carbonyl (C=O) groups is 2. The predicted molar refractivity (Wildman–Crippen MR) is 170 cm³/mol. The lowest BCUT2D eigenvalue weighted by molar-refractivity contribution is -0.119. The molecular weight excluding hydrogens is 686 g/mol. The number of aromatic nitrogens is 6. The van der Waals surface area contributed by atoms with Crippen molar-refractivity contribution in [3.8, 4) is 0 Å². The lowest BCUT2D eigenvalue weighted by Crippen LogP contribution is -2.26. The van der Waals surface area contributed by atoms with Crippen LogP contribution in [0.5, 0.6) is 0 Å². The number of halogens is 6. The number of guanidine groups is 2. The van der Waals surface area contributed by atoms with Crippen LogP contribution < -0.4 is 32.7 Å². The predicted octanol–water partition coefficient (Wildman–Crippen LogP) is 2.17. The van der Waals surface area contributed by atoms with Crippen LogP contribution in [-0.4, -0.2) is 98.5 Å². The van der Waals surface area contributed by atoms with Crippen LogP contribution in [0, 0.1) is 0 Å². The molecule has 0 aromatic carbocycles. The third-order valence-electron chi connectivity index (χ3n) is 5.31. The number of hydrogen-bond donors (Lipinski definition) is 6. The third-order valence-corrected chi connectivity index (χ3v) is 6.26. The van der Waals surface area contributed by atoms with Gasteiger partial charge in [0.2, 0.25) is 6.41 Å².